The zero-order chi connectivity index (χ0) is 73.4. The number of benzene rings is 7. The summed E-state index contributed by atoms with van der Waals surface area (Å²) in [6, 6.07) is 6.65. The molecule has 10 atom stereocenters. The number of hydrogen-bond donors (Lipinski definition) is 22. The summed E-state index contributed by atoms with van der Waals surface area (Å²) in [7, 11) is 0. The van der Waals surface area contributed by atoms with Gasteiger partial charge in [-0.25, -0.2) is 33.6 Å². The average Bonchev–Trinajstić information content (AvgIpc) is 0.760. The van der Waals surface area contributed by atoms with Crippen LogP contribution in [0.15, 0.2) is 84.9 Å². The molecule has 0 amide bonds. The van der Waals surface area contributed by atoms with Gasteiger partial charge in [0.05, 0.1) is 38.9 Å². The molecule has 2 fully saturated rings. The van der Waals surface area contributed by atoms with E-state index >= 15 is 0 Å². The topological polar surface area (TPSA) is 657 Å². The number of phenols is 21. The lowest BCUT2D eigenvalue weighted by molar-refractivity contribution is -0.352. The van der Waals surface area contributed by atoms with Crippen molar-refractivity contribution in [1.82, 2.24) is 0 Å². The molecule has 39 nitrogen and oxygen atoms in total. The Balaban J connectivity index is 1.25. The zero-order valence-corrected chi connectivity index (χ0v) is 49.5. The molecule has 22 N–H and O–H groups in total. The van der Waals surface area contributed by atoms with Crippen molar-refractivity contribution < 1.29 is 193 Å². The molecule has 0 aliphatic carbocycles. The summed E-state index contributed by atoms with van der Waals surface area (Å²) in [5, 5.41) is 229. The number of carbonyl (C=O) groups is 7. The van der Waals surface area contributed by atoms with E-state index in [0.717, 1.165) is 0 Å². The van der Waals surface area contributed by atoms with Crippen LogP contribution < -0.4 is 0 Å². The van der Waals surface area contributed by atoms with Gasteiger partial charge >= 0.3 is 41.8 Å². The summed E-state index contributed by atoms with van der Waals surface area (Å²) in [6.45, 7) is -2.96. The second-order valence-electron chi connectivity index (χ2n) is 21.3. The smallest absolute Gasteiger partial charge is 0.340 e. The molecule has 2 aliphatic heterocycles. The van der Waals surface area contributed by atoms with Gasteiger partial charge in [0.2, 0.25) is 6.29 Å². The van der Waals surface area contributed by atoms with E-state index in [-0.39, 0.29) is 0 Å². The van der Waals surface area contributed by atoms with Crippen molar-refractivity contribution in [3.63, 3.8) is 0 Å². The molecule has 7 aromatic rings. The quantitative estimate of drug-likeness (QED) is 0.0329. The minimum Gasteiger partial charge on any atom is -0.504 e. The fourth-order valence-corrected chi connectivity index (χ4v) is 9.57. The number of aliphatic hydroxyl groups excluding tert-OH is 1. The molecule has 0 aromatic heterocycles. The molecule has 0 unspecified atom stereocenters. The standard InChI is InChI=1S/C61H50O39/c62-24-1-17(2-25(63)40(24)76)53(84)91-15-38-48(47(83)50(96-56(87)20-7-30(68)43(79)31(69)8-20)60(93-38)100-59(90)23-13-36(74)46(82)37(75)14-23)99-61-52(98-58(89)22-11-34(72)45(81)35(73)12-22)51(97-57(88)21-9-32(70)44(80)33(71)10-21)49(95-55(86)19-5-28(66)42(78)29(67)6-19)39(94-61)16-92-54(85)18-3-26(64)41(77)27(65)4-18/h1-14,38-39,47-52,60-83H,15-16H2/t38-,39-,47+,48-,49-,50-,51+,52-,60+,61-/m1/s1. The van der Waals surface area contributed by atoms with Crippen LogP contribution >= 0.6 is 0 Å². The minimum absolute atomic E-state index is 0.425. The molecule has 2 saturated heterocycles. The Bertz CT molecular complexity index is 4290. The fraction of sp³-hybridized carbons (Fsp3) is 0.197. The number of esters is 7. The number of aromatic hydroxyl groups is 21. The van der Waals surface area contributed by atoms with E-state index in [2.05, 4.69) is 0 Å². The van der Waals surface area contributed by atoms with Gasteiger partial charge < -0.3 is 160 Å². The number of phenolic OH excluding ortho intramolecular Hbond substituents is 21. The molecule has 0 spiro atoms. The lowest BCUT2D eigenvalue weighted by Crippen LogP contribution is -2.67. The molecule has 7 aromatic carbocycles. The summed E-state index contributed by atoms with van der Waals surface area (Å²) < 4.78 is 57.6. The first-order valence-corrected chi connectivity index (χ1v) is 27.8. The third-order valence-electron chi connectivity index (χ3n) is 14.6. The molecule has 0 radical (unpaired) electrons. The molecular formula is C61H50O39. The number of aliphatic hydroxyl groups is 1. The van der Waals surface area contributed by atoms with Crippen LogP contribution in [-0.2, 0) is 47.4 Å². The van der Waals surface area contributed by atoms with Crippen LogP contribution in [0, 0.1) is 0 Å². The minimum atomic E-state index is -2.92. The van der Waals surface area contributed by atoms with Gasteiger partial charge in [0.25, 0.3) is 0 Å². The van der Waals surface area contributed by atoms with Gasteiger partial charge in [-0.1, -0.05) is 0 Å². The summed E-state index contributed by atoms with van der Waals surface area (Å²) in [5.41, 5.74) is -6.35. The number of carbonyl (C=O) groups excluding carboxylic acids is 7. The molecule has 2 heterocycles. The van der Waals surface area contributed by atoms with Crippen LogP contribution in [0.4, 0.5) is 0 Å². The molecule has 39 heteroatoms. The third kappa shape index (κ3) is 14.6. The largest absolute Gasteiger partial charge is 0.504 e. The first-order chi connectivity index (χ1) is 47.0. The van der Waals surface area contributed by atoms with Crippen LogP contribution in [0.1, 0.15) is 72.5 Å². The Morgan fingerprint density at radius 1 is 0.260 bits per heavy atom. The average molecular weight is 1410 g/mol. The summed E-state index contributed by atoms with van der Waals surface area (Å²) >= 11 is 0. The van der Waals surface area contributed by atoms with Crippen LogP contribution in [0.25, 0.3) is 0 Å². The van der Waals surface area contributed by atoms with Crippen molar-refractivity contribution in [3.8, 4) is 121 Å². The maximum atomic E-state index is 14.6. The monoisotopic (exact) mass is 1410 g/mol. The van der Waals surface area contributed by atoms with Crippen molar-refractivity contribution in [3.05, 3.63) is 124 Å². The lowest BCUT2D eigenvalue weighted by Gasteiger charge is -2.48. The second kappa shape index (κ2) is 28.0. The maximum absolute atomic E-state index is 14.6. The predicted octanol–water partition coefficient (Wildman–Crippen LogP) is 1.47. The van der Waals surface area contributed by atoms with E-state index in [1.54, 1.807) is 0 Å². The summed E-state index contributed by atoms with van der Waals surface area (Å²) in [5.74, 6) is -37.5. The first kappa shape index (κ1) is 70.8. The van der Waals surface area contributed by atoms with Gasteiger partial charge in [-0.2, -0.15) is 0 Å². The van der Waals surface area contributed by atoms with Gasteiger partial charge in [-0.3, -0.25) is 0 Å². The molecule has 528 valence electrons. The van der Waals surface area contributed by atoms with Crippen molar-refractivity contribution >= 4 is 41.8 Å². The summed E-state index contributed by atoms with van der Waals surface area (Å²) in [4.78, 5) is 99.5. The Morgan fingerprint density at radius 2 is 0.470 bits per heavy atom. The fourth-order valence-electron chi connectivity index (χ4n) is 9.57. The first-order valence-electron chi connectivity index (χ1n) is 27.8. The Labute approximate surface area is 552 Å². The predicted molar refractivity (Wildman–Crippen MR) is 311 cm³/mol. The highest BCUT2D eigenvalue weighted by Gasteiger charge is 2.58. The van der Waals surface area contributed by atoms with E-state index in [1.165, 1.54) is 0 Å². The van der Waals surface area contributed by atoms with Gasteiger partial charge in [0.15, 0.2) is 151 Å². The molecule has 0 saturated carbocycles. The van der Waals surface area contributed by atoms with E-state index in [4.69, 9.17) is 47.4 Å². The number of ether oxygens (including phenoxy) is 10. The molecule has 100 heavy (non-hydrogen) atoms. The van der Waals surface area contributed by atoms with Crippen LogP contribution in [0.3, 0.4) is 0 Å². The van der Waals surface area contributed by atoms with Crippen LogP contribution in [0.2, 0.25) is 0 Å². The molecule has 2 aliphatic rings. The van der Waals surface area contributed by atoms with Crippen LogP contribution in [0.5, 0.6) is 121 Å². The van der Waals surface area contributed by atoms with E-state index in [0.29, 0.717) is 84.9 Å². The van der Waals surface area contributed by atoms with E-state index in [9.17, 15) is 146 Å². The van der Waals surface area contributed by atoms with Gasteiger partial charge in [-0.15, -0.1) is 0 Å². The summed E-state index contributed by atoms with van der Waals surface area (Å²) in [6.07, 6.45) is -27.3. The van der Waals surface area contributed by atoms with Crippen LogP contribution in [-0.4, -0.2) is 229 Å². The third-order valence-corrected chi connectivity index (χ3v) is 14.6. The molecular weight excluding hydrogens is 1360 g/mol. The van der Waals surface area contributed by atoms with E-state index in [1.807, 2.05) is 0 Å². The highest BCUT2D eigenvalue weighted by Crippen LogP contribution is 2.44. The number of rotatable bonds is 18. The number of hydrogen-bond acceptors (Lipinski definition) is 39. The molecule has 0 bridgehead atoms. The van der Waals surface area contributed by atoms with Crippen molar-refractivity contribution in [1.29, 1.82) is 0 Å². The maximum Gasteiger partial charge on any atom is 0.340 e. The Morgan fingerprint density at radius 3 is 0.750 bits per heavy atom. The van der Waals surface area contributed by atoms with Gasteiger partial charge in [0.1, 0.15) is 37.6 Å². The van der Waals surface area contributed by atoms with Crippen molar-refractivity contribution in [2.24, 2.45) is 0 Å². The zero-order valence-electron chi connectivity index (χ0n) is 49.5. The second-order valence-corrected chi connectivity index (χ2v) is 21.3. The lowest BCUT2D eigenvalue weighted by atomic mass is 9.95. The van der Waals surface area contributed by atoms with Crippen molar-refractivity contribution in [2.45, 2.75) is 61.4 Å². The highest BCUT2D eigenvalue weighted by atomic mass is 16.8. The molecule has 9 rings (SSSR count). The normalized spacial score (nSPS) is 20.2. The van der Waals surface area contributed by atoms with Gasteiger partial charge in [-0.05, 0) is 84.9 Å². The van der Waals surface area contributed by atoms with Gasteiger partial charge in [0, 0.05) is 0 Å². The Kier molecular flexibility index (Phi) is 19.8. The van der Waals surface area contributed by atoms with Crippen molar-refractivity contribution in [2.75, 3.05) is 13.2 Å². The van der Waals surface area contributed by atoms with E-state index < -0.39 is 276 Å². The Hall–Kier alpha value is -13.5. The SMILES string of the molecule is O=C(OC[C@H]1O[C@@H](OC(=O)c2cc(O)c(O)c(O)c2)[C@H](OC(=O)c2cc(O)c(O)c(O)c2)[C@@H](O)[C@@H]1O[C@H]1O[C@H](COC(=O)c2cc(O)c(O)c(O)c2)[C@@H](OC(=O)c2cc(O)c(O)c(O)c2)[C@H](OC(=O)c2cc(O)c(O)c(O)c2)[C@H]1OC(=O)c1cc(O)c(O)c(O)c1)c1cc(O)c(O)c(O)c1. The highest BCUT2D eigenvalue weighted by molar-refractivity contribution is 5.95.